The number of benzene rings is 1. The molecule has 0 saturated heterocycles. The van der Waals surface area contributed by atoms with E-state index in [9.17, 15) is 4.79 Å². The molecule has 0 fully saturated rings. The van der Waals surface area contributed by atoms with Crippen LogP contribution < -0.4 is 9.47 Å². The summed E-state index contributed by atoms with van der Waals surface area (Å²) in [5, 5.41) is 0. The van der Waals surface area contributed by atoms with E-state index >= 15 is 0 Å². The fourth-order valence-electron chi connectivity index (χ4n) is 1.86. The molecule has 0 aliphatic heterocycles. The maximum absolute atomic E-state index is 12.6. The predicted molar refractivity (Wildman–Crippen MR) is 72.0 cm³/mol. The van der Waals surface area contributed by atoms with Crippen LogP contribution in [0.5, 0.6) is 11.5 Å². The number of aryl methyl sites for hydroxylation is 1. The molecule has 0 atom stereocenters. The van der Waals surface area contributed by atoms with Crippen molar-refractivity contribution in [1.29, 1.82) is 0 Å². The van der Waals surface area contributed by atoms with Crippen LogP contribution in [0.3, 0.4) is 0 Å². The van der Waals surface area contributed by atoms with E-state index in [1.165, 1.54) is 7.11 Å². The maximum atomic E-state index is 12.6. The van der Waals surface area contributed by atoms with Gasteiger partial charge in [0, 0.05) is 18.0 Å². The number of ketones is 1. The highest BCUT2D eigenvalue weighted by atomic mass is 16.5. The Balaban J connectivity index is 2.51. The molecule has 98 valence electrons. The summed E-state index contributed by atoms with van der Waals surface area (Å²) >= 11 is 0. The number of rotatable bonds is 4. The van der Waals surface area contributed by atoms with E-state index in [4.69, 9.17) is 9.47 Å². The van der Waals surface area contributed by atoms with Gasteiger partial charge in [0.2, 0.25) is 0 Å². The number of pyridine rings is 1. The van der Waals surface area contributed by atoms with E-state index in [1.54, 1.807) is 43.8 Å². The Morgan fingerprint density at radius 2 is 1.89 bits per heavy atom. The second kappa shape index (κ2) is 5.52. The lowest BCUT2D eigenvalue weighted by molar-refractivity contribution is 0.103. The standard InChI is InChI=1S/C15H15NO3/c1-10-9-16-7-6-12(10)15(17)13-8-11(18-2)4-5-14(13)19-3/h4-9H,1-3H3. The quantitative estimate of drug-likeness (QED) is 0.790. The molecule has 1 aromatic heterocycles. The number of methoxy groups -OCH3 is 2. The number of aromatic nitrogens is 1. The van der Waals surface area contributed by atoms with Crippen LogP contribution in [0.1, 0.15) is 21.5 Å². The van der Waals surface area contributed by atoms with Gasteiger partial charge in [0.15, 0.2) is 5.78 Å². The highest BCUT2D eigenvalue weighted by molar-refractivity contribution is 6.11. The van der Waals surface area contributed by atoms with Crippen LogP contribution in [0, 0.1) is 6.92 Å². The molecule has 0 aliphatic rings. The summed E-state index contributed by atoms with van der Waals surface area (Å²) in [5.74, 6) is 1.05. The largest absolute Gasteiger partial charge is 0.497 e. The normalized spacial score (nSPS) is 10.1. The SMILES string of the molecule is COc1ccc(OC)c(C(=O)c2ccncc2C)c1. The monoisotopic (exact) mass is 257 g/mol. The van der Waals surface area contributed by atoms with E-state index in [0.717, 1.165) is 5.56 Å². The van der Waals surface area contributed by atoms with E-state index in [0.29, 0.717) is 22.6 Å². The number of hydrogen-bond acceptors (Lipinski definition) is 4. The summed E-state index contributed by atoms with van der Waals surface area (Å²) in [4.78, 5) is 16.5. The first-order valence-corrected chi connectivity index (χ1v) is 5.84. The lowest BCUT2D eigenvalue weighted by atomic mass is 10.00. The second-order valence-electron chi connectivity index (χ2n) is 4.09. The third-order valence-electron chi connectivity index (χ3n) is 2.92. The molecule has 4 nitrogen and oxygen atoms in total. The highest BCUT2D eigenvalue weighted by Crippen LogP contribution is 2.26. The van der Waals surface area contributed by atoms with Crippen LogP contribution in [-0.4, -0.2) is 25.0 Å². The predicted octanol–water partition coefficient (Wildman–Crippen LogP) is 2.64. The molecule has 19 heavy (non-hydrogen) atoms. The Bertz CT molecular complexity index is 608. The van der Waals surface area contributed by atoms with Crippen molar-refractivity contribution in [2.75, 3.05) is 14.2 Å². The zero-order valence-corrected chi connectivity index (χ0v) is 11.1. The van der Waals surface area contributed by atoms with Crippen LogP contribution in [0.25, 0.3) is 0 Å². The number of ether oxygens (including phenoxy) is 2. The van der Waals surface area contributed by atoms with Crippen molar-refractivity contribution in [1.82, 2.24) is 4.98 Å². The topological polar surface area (TPSA) is 48.4 Å². The van der Waals surface area contributed by atoms with Gasteiger partial charge in [-0.1, -0.05) is 0 Å². The molecule has 0 aliphatic carbocycles. The first-order valence-electron chi connectivity index (χ1n) is 5.84. The van der Waals surface area contributed by atoms with Crippen molar-refractivity contribution in [3.8, 4) is 11.5 Å². The van der Waals surface area contributed by atoms with Gasteiger partial charge in [-0.25, -0.2) is 0 Å². The molecule has 0 saturated carbocycles. The number of carbonyl (C=O) groups is 1. The summed E-state index contributed by atoms with van der Waals surface area (Å²) in [7, 11) is 3.10. The zero-order chi connectivity index (χ0) is 13.8. The van der Waals surface area contributed by atoms with Crippen molar-refractivity contribution in [3.63, 3.8) is 0 Å². The lowest BCUT2D eigenvalue weighted by Gasteiger charge is -2.10. The minimum Gasteiger partial charge on any atom is -0.497 e. The summed E-state index contributed by atoms with van der Waals surface area (Å²) in [6.07, 6.45) is 3.27. The van der Waals surface area contributed by atoms with Crippen molar-refractivity contribution in [2.24, 2.45) is 0 Å². The molecule has 1 aromatic carbocycles. The molecule has 0 N–H and O–H groups in total. The summed E-state index contributed by atoms with van der Waals surface area (Å²) in [6.45, 7) is 1.85. The fourth-order valence-corrected chi connectivity index (χ4v) is 1.86. The van der Waals surface area contributed by atoms with E-state index in [1.807, 2.05) is 6.92 Å². The molecular formula is C15H15NO3. The van der Waals surface area contributed by atoms with E-state index in [2.05, 4.69) is 4.98 Å². The molecular weight excluding hydrogens is 242 g/mol. The minimum atomic E-state index is -0.101. The Hall–Kier alpha value is -2.36. The van der Waals surface area contributed by atoms with Crippen LogP contribution in [0.4, 0.5) is 0 Å². The first kappa shape index (κ1) is 13.1. The molecule has 0 amide bonds. The van der Waals surface area contributed by atoms with Crippen molar-refractivity contribution in [3.05, 3.63) is 53.3 Å². The Labute approximate surface area is 112 Å². The molecule has 2 aromatic rings. The third-order valence-corrected chi connectivity index (χ3v) is 2.92. The smallest absolute Gasteiger partial charge is 0.197 e. The molecule has 0 unspecified atom stereocenters. The lowest BCUT2D eigenvalue weighted by Crippen LogP contribution is -2.06. The van der Waals surface area contributed by atoms with Gasteiger partial charge in [-0.2, -0.15) is 0 Å². The minimum absolute atomic E-state index is 0.101. The van der Waals surface area contributed by atoms with Crippen LogP contribution in [-0.2, 0) is 0 Å². The van der Waals surface area contributed by atoms with Gasteiger partial charge in [-0.15, -0.1) is 0 Å². The number of carbonyl (C=O) groups excluding carboxylic acids is 1. The second-order valence-corrected chi connectivity index (χ2v) is 4.09. The zero-order valence-electron chi connectivity index (χ0n) is 11.1. The molecule has 2 rings (SSSR count). The summed E-state index contributed by atoms with van der Waals surface area (Å²) < 4.78 is 10.4. The molecule has 4 heteroatoms. The maximum Gasteiger partial charge on any atom is 0.197 e. The summed E-state index contributed by atoms with van der Waals surface area (Å²) in [6, 6.07) is 6.87. The van der Waals surface area contributed by atoms with Crippen LogP contribution >= 0.6 is 0 Å². The number of hydrogen-bond donors (Lipinski definition) is 0. The van der Waals surface area contributed by atoms with Gasteiger partial charge in [0.05, 0.1) is 19.8 Å². The Kier molecular flexibility index (Phi) is 3.80. The molecule has 0 radical (unpaired) electrons. The van der Waals surface area contributed by atoms with Gasteiger partial charge in [0.25, 0.3) is 0 Å². The van der Waals surface area contributed by atoms with Gasteiger partial charge < -0.3 is 9.47 Å². The molecule has 1 heterocycles. The molecule has 0 bridgehead atoms. The van der Waals surface area contributed by atoms with E-state index in [-0.39, 0.29) is 5.78 Å². The summed E-state index contributed by atoms with van der Waals surface area (Å²) in [5.41, 5.74) is 1.93. The van der Waals surface area contributed by atoms with Gasteiger partial charge >= 0.3 is 0 Å². The van der Waals surface area contributed by atoms with Crippen LogP contribution in [0.15, 0.2) is 36.7 Å². The van der Waals surface area contributed by atoms with Crippen molar-refractivity contribution in [2.45, 2.75) is 6.92 Å². The van der Waals surface area contributed by atoms with Crippen LogP contribution in [0.2, 0.25) is 0 Å². The van der Waals surface area contributed by atoms with Gasteiger partial charge in [-0.3, -0.25) is 9.78 Å². The average molecular weight is 257 g/mol. The molecule has 0 spiro atoms. The highest BCUT2D eigenvalue weighted by Gasteiger charge is 2.17. The Morgan fingerprint density at radius 3 is 2.53 bits per heavy atom. The number of nitrogens with zero attached hydrogens (tertiary/aromatic N) is 1. The van der Waals surface area contributed by atoms with Crippen molar-refractivity contribution < 1.29 is 14.3 Å². The Morgan fingerprint density at radius 1 is 1.11 bits per heavy atom. The average Bonchev–Trinajstić information content (AvgIpc) is 2.46. The van der Waals surface area contributed by atoms with Gasteiger partial charge in [-0.05, 0) is 36.8 Å². The van der Waals surface area contributed by atoms with E-state index < -0.39 is 0 Å². The third kappa shape index (κ3) is 2.57. The first-order chi connectivity index (χ1) is 9.17. The van der Waals surface area contributed by atoms with Gasteiger partial charge in [0.1, 0.15) is 11.5 Å². The fraction of sp³-hybridized carbons (Fsp3) is 0.200. The van der Waals surface area contributed by atoms with Crippen molar-refractivity contribution >= 4 is 5.78 Å².